The van der Waals surface area contributed by atoms with Crippen LogP contribution in [0.1, 0.15) is 55.0 Å². The van der Waals surface area contributed by atoms with Crippen LogP contribution in [0.3, 0.4) is 0 Å². The smallest absolute Gasteiger partial charge is 0.269 e. The van der Waals surface area contributed by atoms with Gasteiger partial charge >= 0.3 is 0 Å². The zero-order valence-corrected chi connectivity index (χ0v) is 15.2. The Hall–Kier alpha value is -2.22. The van der Waals surface area contributed by atoms with E-state index in [4.69, 9.17) is 0 Å². The minimum Gasteiger partial charge on any atom is -0.384 e. The van der Waals surface area contributed by atoms with Gasteiger partial charge in [0.25, 0.3) is 5.91 Å². The summed E-state index contributed by atoms with van der Waals surface area (Å²) in [7, 11) is 1.78. The van der Waals surface area contributed by atoms with Gasteiger partial charge in [0.15, 0.2) is 0 Å². The monoisotopic (exact) mass is 346 g/mol. The Bertz CT molecular complexity index is 758. The molecule has 0 aliphatic heterocycles. The molecule has 0 aromatic carbocycles. The molecule has 2 N–H and O–H groups in total. The molecule has 1 aliphatic carbocycles. The number of carbonyl (C=O) groups excluding carboxylic acids is 1. The molecule has 2 aromatic heterocycles. The molecule has 25 heavy (non-hydrogen) atoms. The molecule has 2 aromatic rings. The molecule has 1 fully saturated rings. The SMILES string of the molecule is Cc1cc(C(=O)N[C@@H]2CCC[C@@H]2Cn2cc(C(C)(C)O)nn2)n(C)n1. The second-order valence-electron chi connectivity index (χ2n) is 7.45. The summed E-state index contributed by atoms with van der Waals surface area (Å²) in [6, 6.07) is 1.91. The average Bonchev–Trinajstić information content (AvgIpc) is 3.21. The first-order valence-corrected chi connectivity index (χ1v) is 8.68. The minimum absolute atomic E-state index is 0.0872. The number of aromatic nitrogens is 5. The zero-order chi connectivity index (χ0) is 18.2. The molecule has 2 atom stereocenters. The van der Waals surface area contributed by atoms with E-state index in [1.165, 1.54) is 0 Å². The zero-order valence-electron chi connectivity index (χ0n) is 15.2. The van der Waals surface area contributed by atoms with Gasteiger partial charge in [-0.15, -0.1) is 5.10 Å². The van der Waals surface area contributed by atoms with Gasteiger partial charge in [-0.3, -0.25) is 14.2 Å². The second-order valence-corrected chi connectivity index (χ2v) is 7.45. The van der Waals surface area contributed by atoms with Crippen LogP contribution < -0.4 is 5.32 Å². The molecule has 8 nitrogen and oxygen atoms in total. The standard InChI is InChI=1S/C17H26N6O2/c1-11-8-14(22(4)20-11)16(24)18-13-7-5-6-12(13)9-23-10-15(19-21-23)17(2,3)25/h8,10,12-13,25H,5-7,9H2,1-4H3,(H,18,24)/t12-,13-/m1/s1. The van der Waals surface area contributed by atoms with Crippen molar-refractivity contribution in [2.45, 2.75) is 58.2 Å². The fourth-order valence-corrected chi connectivity index (χ4v) is 3.42. The van der Waals surface area contributed by atoms with E-state index in [1.807, 2.05) is 6.92 Å². The Kier molecular flexibility index (Phi) is 4.64. The largest absolute Gasteiger partial charge is 0.384 e. The predicted molar refractivity (Wildman–Crippen MR) is 91.8 cm³/mol. The van der Waals surface area contributed by atoms with E-state index in [1.54, 1.807) is 42.5 Å². The molecule has 0 saturated heterocycles. The lowest BCUT2D eigenvalue weighted by molar-refractivity contribution is 0.0737. The van der Waals surface area contributed by atoms with Crippen molar-refractivity contribution in [2.75, 3.05) is 0 Å². The molecule has 8 heteroatoms. The number of nitrogens with zero attached hydrogens (tertiary/aromatic N) is 5. The quantitative estimate of drug-likeness (QED) is 0.846. The van der Waals surface area contributed by atoms with E-state index in [0.717, 1.165) is 25.0 Å². The van der Waals surface area contributed by atoms with Gasteiger partial charge in [-0.1, -0.05) is 11.6 Å². The third kappa shape index (κ3) is 3.89. The Morgan fingerprint density at radius 2 is 2.20 bits per heavy atom. The lowest BCUT2D eigenvalue weighted by Gasteiger charge is -2.21. The van der Waals surface area contributed by atoms with Gasteiger partial charge in [-0.05, 0) is 45.6 Å². The Labute approximate surface area is 147 Å². The van der Waals surface area contributed by atoms with Crippen LogP contribution in [-0.4, -0.2) is 41.8 Å². The topological polar surface area (TPSA) is 97.9 Å². The van der Waals surface area contributed by atoms with Crippen molar-refractivity contribution in [1.29, 1.82) is 0 Å². The van der Waals surface area contributed by atoms with Gasteiger partial charge in [-0.25, -0.2) is 0 Å². The van der Waals surface area contributed by atoms with E-state index in [9.17, 15) is 9.90 Å². The molecule has 2 heterocycles. The van der Waals surface area contributed by atoms with Crippen LogP contribution in [0, 0.1) is 12.8 Å². The highest BCUT2D eigenvalue weighted by Gasteiger charge is 2.30. The molecular weight excluding hydrogens is 320 g/mol. The summed E-state index contributed by atoms with van der Waals surface area (Å²) in [5.41, 5.74) is 0.959. The fourth-order valence-electron chi connectivity index (χ4n) is 3.42. The van der Waals surface area contributed by atoms with Crippen LogP contribution in [0.2, 0.25) is 0 Å². The van der Waals surface area contributed by atoms with Crippen molar-refractivity contribution in [1.82, 2.24) is 30.1 Å². The van der Waals surface area contributed by atoms with E-state index in [0.29, 0.717) is 23.9 Å². The maximum atomic E-state index is 12.5. The van der Waals surface area contributed by atoms with Gasteiger partial charge in [0.1, 0.15) is 17.0 Å². The number of nitrogens with one attached hydrogen (secondary N) is 1. The highest BCUT2D eigenvalue weighted by atomic mass is 16.3. The van der Waals surface area contributed by atoms with Gasteiger partial charge in [0.05, 0.1) is 11.9 Å². The average molecular weight is 346 g/mol. The molecule has 3 rings (SSSR count). The summed E-state index contributed by atoms with van der Waals surface area (Å²) < 4.78 is 3.37. The molecule has 1 saturated carbocycles. The van der Waals surface area contributed by atoms with Crippen LogP contribution in [0.15, 0.2) is 12.3 Å². The van der Waals surface area contributed by atoms with Crippen molar-refractivity contribution in [2.24, 2.45) is 13.0 Å². The number of carbonyl (C=O) groups is 1. The summed E-state index contributed by atoms with van der Waals surface area (Å²) in [4.78, 5) is 12.5. The summed E-state index contributed by atoms with van der Waals surface area (Å²) in [5.74, 6) is 0.213. The van der Waals surface area contributed by atoms with Crippen LogP contribution >= 0.6 is 0 Å². The van der Waals surface area contributed by atoms with Crippen LogP contribution in [0.4, 0.5) is 0 Å². The second kappa shape index (κ2) is 6.59. The summed E-state index contributed by atoms with van der Waals surface area (Å²) >= 11 is 0. The first-order valence-electron chi connectivity index (χ1n) is 8.68. The van der Waals surface area contributed by atoms with Crippen LogP contribution in [0.25, 0.3) is 0 Å². The maximum Gasteiger partial charge on any atom is 0.269 e. The molecule has 136 valence electrons. The Morgan fingerprint density at radius 3 is 2.80 bits per heavy atom. The Balaban J connectivity index is 1.65. The normalized spacial score (nSPS) is 20.8. The summed E-state index contributed by atoms with van der Waals surface area (Å²) in [5, 5.41) is 25.5. The number of aryl methyl sites for hydroxylation is 2. The first-order chi connectivity index (χ1) is 11.7. The third-order valence-electron chi connectivity index (χ3n) is 4.80. The third-order valence-corrected chi connectivity index (χ3v) is 4.80. The lowest BCUT2D eigenvalue weighted by atomic mass is 10.0. The molecule has 1 amide bonds. The van der Waals surface area contributed by atoms with Gasteiger partial charge in [0, 0.05) is 19.6 Å². The minimum atomic E-state index is -1.00. The molecule has 0 radical (unpaired) electrons. The Morgan fingerprint density at radius 1 is 1.44 bits per heavy atom. The van der Waals surface area contributed by atoms with E-state index < -0.39 is 5.60 Å². The van der Waals surface area contributed by atoms with Gasteiger partial charge < -0.3 is 10.4 Å². The highest BCUT2D eigenvalue weighted by molar-refractivity contribution is 5.92. The predicted octanol–water partition coefficient (Wildman–Crippen LogP) is 1.15. The molecule has 0 unspecified atom stereocenters. The van der Waals surface area contributed by atoms with Crippen molar-refractivity contribution in [3.05, 3.63) is 29.3 Å². The number of amides is 1. The number of rotatable bonds is 5. The molecule has 0 spiro atoms. The van der Waals surface area contributed by atoms with E-state index in [-0.39, 0.29) is 11.9 Å². The van der Waals surface area contributed by atoms with Gasteiger partial charge in [0.2, 0.25) is 0 Å². The lowest BCUT2D eigenvalue weighted by Crippen LogP contribution is -2.39. The van der Waals surface area contributed by atoms with E-state index >= 15 is 0 Å². The van der Waals surface area contributed by atoms with Crippen LogP contribution in [0.5, 0.6) is 0 Å². The van der Waals surface area contributed by atoms with Crippen molar-refractivity contribution in [3.8, 4) is 0 Å². The first kappa shape index (κ1) is 17.6. The number of aliphatic hydroxyl groups is 1. The number of hydrogen-bond donors (Lipinski definition) is 2. The maximum absolute atomic E-state index is 12.5. The summed E-state index contributed by atoms with van der Waals surface area (Å²) in [6.07, 6.45) is 4.85. The molecule has 1 aliphatic rings. The highest BCUT2D eigenvalue weighted by Crippen LogP contribution is 2.28. The van der Waals surface area contributed by atoms with Crippen molar-refractivity contribution in [3.63, 3.8) is 0 Å². The van der Waals surface area contributed by atoms with E-state index in [2.05, 4.69) is 20.7 Å². The van der Waals surface area contributed by atoms with Crippen molar-refractivity contribution >= 4 is 5.91 Å². The fraction of sp³-hybridized carbons (Fsp3) is 0.647. The van der Waals surface area contributed by atoms with Crippen molar-refractivity contribution < 1.29 is 9.90 Å². The molecular formula is C17H26N6O2. The van der Waals surface area contributed by atoms with Gasteiger partial charge in [-0.2, -0.15) is 5.10 Å². The number of hydrogen-bond acceptors (Lipinski definition) is 5. The molecule has 0 bridgehead atoms. The van der Waals surface area contributed by atoms with Crippen LogP contribution in [-0.2, 0) is 19.2 Å². The summed E-state index contributed by atoms with van der Waals surface area (Å²) in [6.45, 7) is 5.93.